The van der Waals surface area contributed by atoms with E-state index >= 15 is 0 Å². The highest BCUT2D eigenvalue weighted by Gasteiger charge is 2.08. The third kappa shape index (κ3) is 1.58. The number of aromatic nitrogens is 2. The van der Waals surface area contributed by atoms with Gasteiger partial charge in [0, 0.05) is 13.1 Å². The third-order valence-electron chi connectivity index (χ3n) is 1.65. The molecule has 0 amide bonds. The molecule has 1 heterocycles. The highest BCUT2D eigenvalue weighted by molar-refractivity contribution is 5.02. The molecule has 0 fully saturated rings. The Balaban J connectivity index is 2.83. The molecule has 0 aliphatic heterocycles. The lowest BCUT2D eigenvalue weighted by atomic mass is 10.3. The van der Waals surface area contributed by atoms with Gasteiger partial charge in [-0.25, -0.2) is 4.98 Å². The Labute approximate surface area is 65.7 Å². The minimum absolute atomic E-state index is 0.242. The summed E-state index contributed by atoms with van der Waals surface area (Å²) in [5, 5.41) is 9.34. The molecule has 3 N–H and O–H groups in total. The molecule has 1 aromatic rings. The summed E-state index contributed by atoms with van der Waals surface area (Å²) in [6.07, 6.45) is 2.74. The number of aliphatic hydroxyl groups is 1. The quantitative estimate of drug-likeness (QED) is 0.640. The van der Waals surface area contributed by atoms with Crippen molar-refractivity contribution >= 4 is 0 Å². The Morgan fingerprint density at radius 2 is 2.55 bits per heavy atom. The second-order valence-electron chi connectivity index (χ2n) is 2.36. The maximum absolute atomic E-state index is 9.34. The molecule has 4 nitrogen and oxygen atoms in total. The molecule has 0 bridgehead atoms. The maximum Gasteiger partial charge on any atom is 0.108 e. The molecule has 0 saturated carbocycles. The number of imidazole rings is 1. The molecule has 1 unspecified atom stereocenters. The van der Waals surface area contributed by atoms with Gasteiger partial charge in [-0.05, 0) is 6.92 Å². The monoisotopic (exact) mass is 155 g/mol. The van der Waals surface area contributed by atoms with Crippen molar-refractivity contribution in [2.45, 2.75) is 19.6 Å². The molecule has 62 valence electrons. The minimum Gasteiger partial charge on any atom is -0.385 e. The fourth-order valence-electron chi connectivity index (χ4n) is 0.993. The molecular formula is C7H13N3O. The van der Waals surface area contributed by atoms with Crippen LogP contribution in [0.15, 0.2) is 12.5 Å². The minimum atomic E-state index is -0.586. The second-order valence-corrected chi connectivity index (χ2v) is 2.36. The van der Waals surface area contributed by atoms with Gasteiger partial charge in [0.25, 0.3) is 0 Å². The average molecular weight is 155 g/mol. The van der Waals surface area contributed by atoms with Crippen LogP contribution < -0.4 is 5.73 Å². The van der Waals surface area contributed by atoms with Gasteiger partial charge in [0.15, 0.2) is 0 Å². The second kappa shape index (κ2) is 3.50. The van der Waals surface area contributed by atoms with E-state index in [2.05, 4.69) is 4.98 Å². The molecule has 0 radical (unpaired) electrons. The Morgan fingerprint density at radius 1 is 1.82 bits per heavy atom. The largest absolute Gasteiger partial charge is 0.385 e. The number of nitrogens with zero attached hydrogens (tertiary/aromatic N) is 2. The number of hydrogen-bond donors (Lipinski definition) is 2. The first-order chi connectivity index (χ1) is 5.29. The van der Waals surface area contributed by atoms with Crippen LogP contribution >= 0.6 is 0 Å². The van der Waals surface area contributed by atoms with Gasteiger partial charge < -0.3 is 15.4 Å². The molecule has 0 saturated heterocycles. The summed E-state index contributed by atoms with van der Waals surface area (Å²) in [5.41, 5.74) is 6.08. The summed E-state index contributed by atoms with van der Waals surface area (Å²) in [6.45, 7) is 3.05. The Morgan fingerprint density at radius 3 is 3.09 bits per heavy atom. The van der Waals surface area contributed by atoms with Crippen LogP contribution in [-0.2, 0) is 6.54 Å². The predicted molar refractivity (Wildman–Crippen MR) is 41.9 cm³/mol. The zero-order valence-electron chi connectivity index (χ0n) is 6.57. The van der Waals surface area contributed by atoms with E-state index < -0.39 is 6.10 Å². The van der Waals surface area contributed by atoms with Crippen LogP contribution in [0, 0.1) is 0 Å². The summed E-state index contributed by atoms with van der Waals surface area (Å²) in [4.78, 5) is 3.91. The molecule has 1 atom stereocenters. The summed E-state index contributed by atoms with van der Waals surface area (Å²) < 4.78 is 1.87. The van der Waals surface area contributed by atoms with Crippen molar-refractivity contribution in [1.29, 1.82) is 0 Å². The zero-order valence-corrected chi connectivity index (χ0v) is 6.57. The first kappa shape index (κ1) is 8.23. The Hall–Kier alpha value is -0.870. The molecular weight excluding hydrogens is 142 g/mol. The van der Waals surface area contributed by atoms with Crippen molar-refractivity contribution in [3.05, 3.63) is 18.2 Å². The highest BCUT2D eigenvalue weighted by Crippen LogP contribution is 2.09. The fourth-order valence-corrected chi connectivity index (χ4v) is 0.993. The van der Waals surface area contributed by atoms with Crippen molar-refractivity contribution < 1.29 is 5.11 Å². The number of hydrogen-bond acceptors (Lipinski definition) is 3. The van der Waals surface area contributed by atoms with Crippen LogP contribution in [-0.4, -0.2) is 21.2 Å². The van der Waals surface area contributed by atoms with Crippen LogP contribution in [0.2, 0.25) is 0 Å². The normalized spacial score (nSPS) is 13.4. The molecule has 0 aliphatic rings. The van der Waals surface area contributed by atoms with E-state index in [1.54, 1.807) is 12.5 Å². The standard InChI is InChI=1S/C7H13N3O/c1-2-10-5-9-4-6(10)7(11)3-8/h4-5,7,11H,2-3,8H2,1H3. The van der Waals surface area contributed by atoms with Gasteiger partial charge in [0.1, 0.15) is 6.10 Å². The number of rotatable bonds is 3. The lowest BCUT2D eigenvalue weighted by Gasteiger charge is -2.09. The van der Waals surface area contributed by atoms with Crippen LogP contribution in [0.3, 0.4) is 0 Å². The van der Waals surface area contributed by atoms with E-state index in [1.807, 2.05) is 11.5 Å². The van der Waals surface area contributed by atoms with Crippen molar-refractivity contribution in [2.75, 3.05) is 6.54 Å². The van der Waals surface area contributed by atoms with Gasteiger partial charge in [0.05, 0.1) is 18.2 Å². The summed E-state index contributed by atoms with van der Waals surface area (Å²) in [6, 6.07) is 0. The van der Waals surface area contributed by atoms with Crippen LogP contribution in [0.1, 0.15) is 18.7 Å². The number of aryl methyl sites for hydroxylation is 1. The average Bonchev–Trinajstić information content (AvgIpc) is 2.50. The summed E-state index contributed by atoms with van der Waals surface area (Å²) in [7, 11) is 0. The van der Waals surface area contributed by atoms with Crippen LogP contribution in [0.25, 0.3) is 0 Å². The summed E-state index contributed by atoms with van der Waals surface area (Å²) >= 11 is 0. The number of aliphatic hydroxyl groups excluding tert-OH is 1. The van der Waals surface area contributed by atoms with Crippen LogP contribution in [0.4, 0.5) is 0 Å². The third-order valence-corrected chi connectivity index (χ3v) is 1.65. The van der Waals surface area contributed by atoms with Crippen molar-refractivity contribution in [1.82, 2.24) is 9.55 Å². The Bertz CT molecular complexity index is 221. The van der Waals surface area contributed by atoms with Gasteiger partial charge in [-0.1, -0.05) is 0 Å². The molecule has 0 spiro atoms. The molecule has 0 aromatic carbocycles. The van der Waals surface area contributed by atoms with Crippen LogP contribution in [0.5, 0.6) is 0 Å². The molecule has 1 aromatic heterocycles. The number of nitrogens with two attached hydrogens (primary N) is 1. The van der Waals surface area contributed by atoms with E-state index in [0.29, 0.717) is 0 Å². The predicted octanol–water partition coefficient (Wildman–Crippen LogP) is -0.105. The van der Waals surface area contributed by atoms with Gasteiger partial charge in [-0.3, -0.25) is 0 Å². The smallest absolute Gasteiger partial charge is 0.108 e. The van der Waals surface area contributed by atoms with E-state index in [9.17, 15) is 5.11 Å². The molecule has 11 heavy (non-hydrogen) atoms. The van der Waals surface area contributed by atoms with Crippen molar-refractivity contribution in [3.63, 3.8) is 0 Å². The van der Waals surface area contributed by atoms with Gasteiger partial charge in [0.2, 0.25) is 0 Å². The van der Waals surface area contributed by atoms with Gasteiger partial charge >= 0.3 is 0 Å². The lowest BCUT2D eigenvalue weighted by molar-refractivity contribution is 0.177. The highest BCUT2D eigenvalue weighted by atomic mass is 16.3. The van der Waals surface area contributed by atoms with Gasteiger partial charge in [-0.2, -0.15) is 0 Å². The van der Waals surface area contributed by atoms with E-state index in [-0.39, 0.29) is 6.54 Å². The fraction of sp³-hybridized carbons (Fsp3) is 0.571. The first-order valence-corrected chi connectivity index (χ1v) is 3.67. The molecule has 0 aliphatic carbocycles. The van der Waals surface area contributed by atoms with Crippen molar-refractivity contribution in [2.24, 2.45) is 5.73 Å². The van der Waals surface area contributed by atoms with E-state index in [4.69, 9.17) is 5.73 Å². The molecule has 1 rings (SSSR count). The topological polar surface area (TPSA) is 64.1 Å². The lowest BCUT2D eigenvalue weighted by Crippen LogP contribution is -2.15. The Kier molecular flexibility index (Phi) is 2.62. The van der Waals surface area contributed by atoms with Crippen molar-refractivity contribution in [3.8, 4) is 0 Å². The van der Waals surface area contributed by atoms with Gasteiger partial charge in [-0.15, -0.1) is 0 Å². The molecule has 4 heteroatoms. The van der Waals surface area contributed by atoms with E-state index in [1.165, 1.54) is 0 Å². The maximum atomic E-state index is 9.34. The van der Waals surface area contributed by atoms with E-state index in [0.717, 1.165) is 12.2 Å². The summed E-state index contributed by atoms with van der Waals surface area (Å²) in [5.74, 6) is 0. The SMILES string of the molecule is CCn1cncc1C(O)CN. The first-order valence-electron chi connectivity index (χ1n) is 3.67. The zero-order chi connectivity index (χ0) is 8.27.